The van der Waals surface area contributed by atoms with Crippen LogP contribution in [0, 0.1) is 0 Å². The molecule has 0 saturated carbocycles. The molecule has 2 aromatic rings. The number of benzene rings is 1. The Balaban J connectivity index is 2.29. The van der Waals surface area contributed by atoms with Crippen molar-refractivity contribution in [1.82, 2.24) is 9.55 Å². The van der Waals surface area contributed by atoms with Crippen LogP contribution in [0.3, 0.4) is 0 Å². The second-order valence-electron chi connectivity index (χ2n) is 4.19. The fourth-order valence-electron chi connectivity index (χ4n) is 2.00. The molecule has 0 radical (unpaired) electrons. The van der Waals surface area contributed by atoms with Crippen LogP contribution in [0.2, 0.25) is 0 Å². The number of hydrogen-bond donors (Lipinski definition) is 1. The molecule has 2 rings (SSSR count). The molecule has 0 aliphatic rings. The predicted octanol–water partition coefficient (Wildman–Crippen LogP) is 2.07. The quantitative estimate of drug-likeness (QED) is 0.898. The molecule has 0 unspecified atom stereocenters. The third kappa shape index (κ3) is 2.24. The van der Waals surface area contributed by atoms with Gasteiger partial charge in [-0.1, -0.05) is 19.1 Å². The van der Waals surface area contributed by atoms with Crippen molar-refractivity contribution in [2.24, 2.45) is 7.05 Å². The van der Waals surface area contributed by atoms with Crippen LogP contribution in [0.5, 0.6) is 5.75 Å². The maximum absolute atomic E-state index is 10.3. The van der Waals surface area contributed by atoms with Gasteiger partial charge in [0.2, 0.25) is 0 Å². The van der Waals surface area contributed by atoms with E-state index < -0.39 is 6.10 Å². The molecule has 0 saturated heterocycles. The smallest absolute Gasteiger partial charge is 0.121 e. The highest BCUT2D eigenvalue weighted by molar-refractivity contribution is 5.32. The Morgan fingerprint density at radius 1 is 1.33 bits per heavy atom. The van der Waals surface area contributed by atoms with Crippen LogP contribution < -0.4 is 4.74 Å². The van der Waals surface area contributed by atoms with Crippen molar-refractivity contribution in [1.29, 1.82) is 0 Å². The number of nitrogens with zero attached hydrogens (tertiary/aromatic N) is 2. The zero-order chi connectivity index (χ0) is 13.1. The fraction of sp³-hybridized carbons (Fsp3) is 0.357. The van der Waals surface area contributed by atoms with Gasteiger partial charge < -0.3 is 14.4 Å². The van der Waals surface area contributed by atoms with E-state index in [0.717, 1.165) is 29.3 Å². The number of ether oxygens (including phenoxy) is 1. The van der Waals surface area contributed by atoms with Crippen molar-refractivity contribution in [3.63, 3.8) is 0 Å². The van der Waals surface area contributed by atoms with E-state index in [0.29, 0.717) is 0 Å². The maximum atomic E-state index is 10.3. The molecular weight excluding hydrogens is 228 g/mol. The second-order valence-corrected chi connectivity index (χ2v) is 4.19. The van der Waals surface area contributed by atoms with Gasteiger partial charge >= 0.3 is 0 Å². The minimum absolute atomic E-state index is 0.659. The van der Waals surface area contributed by atoms with E-state index in [1.54, 1.807) is 13.3 Å². The van der Waals surface area contributed by atoms with Gasteiger partial charge in [-0.3, -0.25) is 0 Å². The molecule has 0 bridgehead atoms. The number of hydrogen-bond acceptors (Lipinski definition) is 3. The van der Waals surface area contributed by atoms with Crippen molar-refractivity contribution >= 4 is 0 Å². The monoisotopic (exact) mass is 246 g/mol. The third-order valence-electron chi connectivity index (χ3n) is 3.15. The molecule has 1 N–H and O–H groups in total. The molecule has 0 aliphatic heterocycles. The minimum atomic E-state index is -0.659. The van der Waals surface area contributed by atoms with Crippen molar-refractivity contribution in [3.05, 3.63) is 47.5 Å². The topological polar surface area (TPSA) is 47.3 Å². The normalized spacial score (nSPS) is 12.4. The first-order chi connectivity index (χ1) is 8.67. The Kier molecular flexibility index (Phi) is 3.67. The van der Waals surface area contributed by atoms with Gasteiger partial charge in [-0.15, -0.1) is 0 Å². The number of methoxy groups -OCH3 is 1. The summed E-state index contributed by atoms with van der Waals surface area (Å²) in [6.07, 6.45) is 1.92. The van der Waals surface area contributed by atoms with Crippen molar-refractivity contribution in [2.45, 2.75) is 19.4 Å². The first kappa shape index (κ1) is 12.6. The van der Waals surface area contributed by atoms with Crippen LogP contribution >= 0.6 is 0 Å². The van der Waals surface area contributed by atoms with Gasteiger partial charge in [0.25, 0.3) is 0 Å². The Labute approximate surface area is 107 Å². The summed E-state index contributed by atoms with van der Waals surface area (Å²) in [6.45, 7) is 2.05. The SMILES string of the molecule is CCc1ncc([C@@H](O)c2ccc(OC)cc2)n1C. The van der Waals surface area contributed by atoms with Crippen molar-refractivity contribution in [2.75, 3.05) is 7.11 Å². The minimum Gasteiger partial charge on any atom is -0.497 e. The zero-order valence-corrected chi connectivity index (χ0v) is 10.9. The van der Waals surface area contributed by atoms with E-state index in [9.17, 15) is 5.11 Å². The number of aliphatic hydroxyl groups is 1. The molecule has 18 heavy (non-hydrogen) atoms. The van der Waals surface area contributed by atoms with Gasteiger partial charge in [0.1, 0.15) is 17.7 Å². The summed E-state index contributed by atoms with van der Waals surface area (Å²) in [5.74, 6) is 1.75. The molecule has 1 heterocycles. The average molecular weight is 246 g/mol. The van der Waals surface area contributed by atoms with Crippen LogP contribution in [0.25, 0.3) is 0 Å². The molecule has 0 spiro atoms. The number of aryl methyl sites for hydroxylation is 1. The standard InChI is InChI=1S/C14H18N2O2/c1-4-13-15-9-12(16(13)2)14(17)10-5-7-11(18-3)8-6-10/h5-9,14,17H,4H2,1-3H3/t14-/m0/s1. The van der Waals surface area contributed by atoms with Gasteiger partial charge in [-0.25, -0.2) is 4.98 Å². The molecule has 1 aromatic heterocycles. The second kappa shape index (κ2) is 5.23. The molecular formula is C14H18N2O2. The fourth-order valence-corrected chi connectivity index (χ4v) is 2.00. The molecule has 4 heteroatoms. The lowest BCUT2D eigenvalue weighted by Crippen LogP contribution is -2.07. The van der Waals surface area contributed by atoms with E-state index in [1.807, 2.05) is 42.8 Å². The third-order valence-corrected chi connectivity index (χ3v) is 3.15. The summed E-state index contributed by atoms with van der Waals surface area (Å²) in [6, 6.07) is 7.41. The van der Waals surface area contributed by atoms with Gasteiger partial charge in [-0.2, -0.15) is 0 Å². The molecule has 1 aromatic carbocycles. The van der Waals surface area contributed by atoms with Crippen LogP contribution in [0.1, 0.15) is 30.1 Å². The van der Waals surface area contributed by atoms with Gasteiger partial charge in [0.15, 0.2) is 0 Å². The van der Waals surface area contributed by atoms with Gasteiger partial charge in [0, 0.05) is 13.5 Å². The van der Waals surface area contributed by atoms with Crippen LogP contribution in [-0.4, -0.2) is 21.8 Å². The van der Waals surface area contributed by atoms with E-state index in [4.69, 9.17) is 4.74 Å². The first-order valence-electron chi connectivity index (χ1n) is 5.99. The van der Waals surface area contributed by atoms with Crippen LogP contribution in [0.15, 0.2) is 30.5 Å². The number of aliphatic hydroxyl groups excluding tert-OH is 1. The summed E-state index contributed by atoms with van der Waals surface area (Å²) < 4.78 is 7.04. The van der Waals surface area contributed by atoms with E-state index in [1.165, 1.54) is 0 Å². The summed E-state index contributed by atoms with van der Waals surface area (Å²) in [4.78, 5) is 4.29. The highest BCUT2D eigenvalue weighted by Gasteiger charge is 2.16. The van der Waals surface area contributed by atoms with Crippen LogP contribution in [0.4, 0.5) is 0 Å². The number of imidazole rings is 1. The highest BCUT2D eigenvalue weighted by Crippen LogP contribution is 2.24. The summed E-state index contributed by atoms with van der Waals surface area (Å²) in [5.41, 5.74) is 1.64. The lowest BCUT2D eigenvalue weighted by atomic mass is 10.1. The van der Waals surface area contributed by atoms with Crippen molar-refractivity contribution in [3.8, 4) is 5.75 Å². The maximum Gasteiger partial charge on any atom is 0.121 e. The molecule has 0 aliphatic carbocycles. The molecule has 4 nitrogen and oxygen atoms in total. The Bertz CT molecular complexity index is 517. The molecule has 96 valence electrons. The average Bonchev–Trinajstić information content (AvgIpc) is 2.79. The predicted molar refractivity (Wildman–Crippen MR) is 69.6 cm³/mol. The summed E-state index contributed by atoms with van der Waals surface area (Å²) in [5, 5.41) is 10.3. The van der Waals surface area contributed by atoms with E-state index in [-0.39, 0.29) is 0 Å². The first-order valence-corrected chi connectivity index (χ1v) is 5.99. The van der Waals surface area contributed by atoms with Gasteiger partial charge in [-0.05, 0) is 17.7 Å². The molecule has 0 amide bonds. The Morgan fingerprint density at radius 2 is 2.00 bits per heavy atom. The summed E-state index contributed by atoms with van der Waals surface area (Å²) in [7, 11) is 3.55. The Morgan fingerprint density at radius 3 is 2.50 bits per heavy atom. The number of rotatable bonds is 4. The molecule has 1 atom stereocenters. The lowest BCUT2D eigenvalue weighted by Gasteiger charge is -2.13. The number of aromatic nitrogens is 2. The largest absolute Gasteiger partial charge is 0.497 e. The zero-order valence-electron chi connectivity index (χ0n) is 10.9. The highest BCUT2D eigenvalue weighted by atomic mass is 16.5. The summed E-state index contributed by atoms with van der Waals surface area (Å²) >= 11 is 0. The lowest BCUT2D eigenvalue weighted by molar-refractivity contribution is 0.211. The van der Waals surface area contributed by atoms with E-state index in [2.05, 4.69) is 4.98 Å². The van der Waals surface area contributed by atoms with Crippen molar-refractivity contribution < 1.29 is 9.84 Å². The van der Waals surface area contributed by atoms with E-state index >= 15 is 0 Å². The van der Waals surface area contributed by atoms with Gasteiger partial charge in [0.05, 0.1) is 19.0 Å². The Hall–Kier alpha value is -1.81. The van der Waals surface area contributed by atoms with Crippen LogP contribution in [-0.2, 0) is 13.5 Å². The molecule has 0 fully saturated rings.